The first kappa shape index (κ1) is 20.4. The van der Waals surface area contributed by atoms with E-state index in [0.29, 0.717) is 30.5 Å². The van der Waals surface area contributed by atoms with Gasteiger partial charge in [0.25, 0.3) is 0 Å². The molecule has 0 aliphatic carbocycles. The van der Waals surface area contributed by atoms with E-state index in [0.717, 1.165) is 70.4 Å². The maximum absolute atomic E-state index is 11.1. The number of rotatable bonds is 6. The molecule has 1 aromatic carbocycles. The summed E-state index contributed by atoms with van der Waals surface area (Å²) in [5.41, 5.74) is 7.79. The predicted octanol–water partition coefficient (Wildman–Crippen LogP) is 3.57. The summed E-state index contributed by atoms with van der Waals surface area (Å²) in [6.45, 7) is 3.54. The molecule has 2 aliphatic rings. The molecule has 162 valence electrons. The van der Waals surface area contributed by atoms with Crippen molar-refractivity contribution in [1.29, 1.82) is 0 Å². The van der Waals surface area contributed by atoms with Gasteiger partial charge in [0.2, 0.25) is 6.41 Å². The Morgan fingerprint density at radius 2 is 2.10 bits per heavy atom. The first-order chi connectivity index (χ1) is 15.1. The fraction of sp³-hybridized carbons (Fsp3) is 0.381. The molecule has 0 saturated carbocycles. The number of halogens is 1. The zero-order valence-corrected chi connectivity index (χ0v) is 19.2. The minimum atomic E-state index is 0.423. The number of anilines is 1. The van der Waals surface area contributed by atoms with Crippen molar-refractivity contribution in [2.24, 2.45) is 5.92 Å². The van der Waals surface area contributed by atoms with Gasteiger partial charge in [0.05, 0.1) is 5.52 Å². The third-order valence-corrected chi connectivity index (χ3v) is 7.66. The topological polar surface area (TPSA) is 95.5 Å². The minimum absolute atomic E-state index is 0.423. The molecule has 0 radical (unpaired) electrons. The van der Waals surface area contributed by atoms with E-state index in [4.69, 9.17) is 20.2 Å². The molecule has 2 aliphatic heterocycles. The number of pyridine rings is 1. The third-order valence-electron chi connectivity index (χ3n) is 5.69. The average Bonchev–Trinajstić information content (AvgIpc) is 3.38. The number of nitrogen functional groups attached to an aromatic ring is 1. The molecule has 0 spiro atoms. The lowest BCUT2D eigenvalue weighted by molar-refractivity contribution is -0.117. The van der Waals surface area contributed by atoms with Gasteiger partial charge in [0, 0.05) is 35.2 Å². The highest BCUT2D eigenvalue weighted by Gasteiger charge is 2.23. The highest BCUT2D eigenvalue weighted by atomic mass is 79.9. The molecule has 2 aromatic heterocycles. The summed E-state index contributed by atoms with van der Waals surface area (Å²) in [5, 5.41) is 0.845. The number of amides is 1. The van der Waals surface area contributed by atoms with E-state index in [1.165, 1.54) is 0 Å². The quantitative estimate of drug-likeness (QED) is 0.513. The van der Waals surface area contributed by atoms with E-state index in [-0.39, 0.29) is 0 Å². The van der Waals surface area contributed by atoms with Crippen LogP contribution in [-0.4, -0.2) is 52.1 Å². The smallest absolute Gasteiger partial charge is 0.209 e. The Kier molecular flexibility index (Phi) is 5.66. The number of hydrogen-bond acceptors (Lipinski definition) is 7. The number of benzene rings is 1. The van der Waals surface area contributed by atoms with Crippen molar-refractivity contribution in [3.63, 3.8) is 0 Å². The van der Waals surface area contributed by atoms with Gasteiger partial charge in [0.1, 0.15) is 18.7 Å². The normalized spacial score (nSPS) is 18.0. The molecule has 1 unspecified atom stereocenters. The van der Waals surface area contributed by atoms with Crippen LogP contribution in [0.25, 0.3) is 11.0 Å². The Morgan fingerprint density at radius 3 is 2.87 bits per heavy atom. The number of nitrogens with two attached hydrogens (primary N) is 1. The number of hydrogen-bond donors (Lipinski definition) is 1. The number of imidazole rings is 1. The van der Waals surface area contributed by atoms with Gasteiger partial charge in [-0.05, 0) is 52.9 Å². The van der Waals surface area contributed by atoms with Crippen LogP contribution in [0.5, 0.6) is 11.5 Å². The van der Waals surface area contributed by atoms with Gasteiger partial charge in [-0.15, -0.1) is 0 Å². The number of likely N-dealkylation sites (tertiary alicyclic amines) is 1. The Balaban J connectivity index is 1.46. The second-order valence-corrected chi connectivity index (χ2v) is 9.55. The molecule has 0 bridgehead atoms. The zero-order valence-electron chi connectivity index (χ0n) is 16.8. The number of carbonyl (C=O) groups excluding carboxylic acids is 1. The first-order valence-electron chi connectivity index (χ1n) is 10.2. The predicted molar refractivity (Wildman–Crippen MR) is 122 cm³/mol. The zero-order chi connectivity index (χ0) is 21.4. The van der Waals surface area contributed by atoms with Crippen LogP contribution in [0.4, 0.5) is 5.82 Å². The van der Waals surface area contributed by atoms with Gasteiger partial charge >= 0.3 is 0 Å². The van der Waals surface area contributed by atoms with E-state index < -0.39 is 0 Å². The number of aromatic nitrogens is 3. The van der Waals surface area contributed by atoms with Crippen LogP contribution in [0.1, 0.15) is 12.8 Å². The van der Waals surface area contributed by atoms with Crippen molar-refractivity contribution in [1.82, 2.24) is 19.4 Å². The van der Waals surface area contributed by atoms with Crippen LogP contribution in [0.15, 0.2) is 38.9 Å². The number of carbonyl (C=O) groups is 1. The maximum atomic E-state index is 11.1. The SMILES string of the molecule is Nc1nccc2c1nc(Sc1cc3c(cc1Br)OCCO3)n2CCC1CCN(C=O)C1. The largest absolute Gasteiger partial charge is 0.486 e. The van der Waals surface area contributed by atoms with Gasteiger partial charge in [-0.1, -0.05) is 11.8 Å². The number of aryl methyl sites for hydroxylation is 1. The Hall–Kier alpha value is -2.46. The summed E-state index contributed by atoms with van der Waals surface area (Å²) >= 11 is 5.21. The lowest BCUT2D eigenvalue weighted by Crippen LogP contribution is -2.18. The number of fused-ring (bicyclic) bond motifs is 2. The third kappa shape index (κ3) is 4.06. The maximum Gasteiger partial charge on any atom is 0.209 e. The average molecular weight is 504 g/mol. The second-order valence-electron chi connectivity index (χ2n) is 7.68. The molecule has 31 heavy (non-hydrogen) atoms. The molecule has 3 aromatic rings. The van der Waals surface area contributed by atoms with Crippen LogP contribution in [-0.2, 0) is 11.3 Å². The molecule has 1 saturated heterocycles. The minimum Gasteiger partial charge on any atom is -0.486 e. The number of ether oxygens (including phenoxy) is 2. The fourth-order valence-electron chi connectivity index (χ4n) is 4.07. The Labute approximate surface area is 192 Å². The summed E-state index contributed by atoms with van der Waals surface area (Å²) in [6, 6.07) is 5.87. The molecule has 10 heteroatoms. The molecule has 1 fully saturated rings. The van der Waals surface area contributed by atoms with Gasteiger partial charge < -0.3 is 24.7 Å². The van der Waals surface area contributed by atoms with Crippen molar-refractivity contribution in [3.8, 4) is 11.5 Å². The summed E-state index contributed by atoms with van der Waals surface area (Å²) < 4.78 is 14.5. The number of nitrogens with zero attached hydrogens (tertiary/aromatic N) is 4. The van der Waals surface area contributed by atoms with Crippen LogP contribution < -0.4 is 15.2 Å². The highest BCUT2D eigenvalue weighted by Crippen LogP contribution is 2.42. The molecule has 4 heterocycles. The monoisotopic (exact) mass is 503 g/mol. The molecular formula is C21H22BrN5O3S. The van der Waals surface area contributed by atoms with Crippen molar-refractivity contribution >= 4 is 51.0 Å². The van der Waals surface area contributed by atoms with Gasteiger partial charge in [-0.25, -0.2) is 9.97 Å². The van der Waals surface area contributed by atoms with Gasteiger partial charge in [-0.3, -0.25) is 4.79 Å². The molecule has 8 nitrogen and oxygen atoms in total. The van der Waals surface area contributed by atoms with Crippen molar-refractivity contribution in [2.45, 2.75) is 29.4 Å². The molecule has 1 atom stereocenters. The summed E-state index contributed by atoms with van der Waals surface area (Å²) in [7, 11) is 0. The molecular weight excluding hydrogens is 482 g/mol. The molecule has 5 rings (SSSR count). The van der Waals surface area contributed by atoms with Crippen LogP contribution in [0.2, 0.25) is 0 Å². The fourth-order valence-corrected chi connectivity index (χ4v) is 5.59. The lowest BCUT2D eigenvalue weighted by Gasteiger charge is -2.20. The van der Waals surface area contributed by atoms with Crippen molar-refractivity contribution in [2.75, 3.05) is 32.0 Å². The summed E-state index contributed by atoms with van der Waals surface area (Å²) in [5.74, 6) is 2.39. The molecule has 2 N–H and O–H groups in total. The standard InChI is InChI=1S/C21H22BrN5O3S/c22-14-9-16-17(30-8-7-29-16)10-18(14)31-21-25-19-15(1-4-24-20(19)23)27(21)6-3-13-2-5-26(11-13)12-28/h1,4,9-10,12-13H,2-3,5-8,11H2,(H2,23,24). The van der Waals surface area contributed by atoms with E-state index in [2.05, 4.69) is 25.5 Å². The Morgan fingerprint density at radius 1 is 1.29 bits per heavy atom. The van der Waals surface area contributed by atoms with Gasteiger partial charge in [-0.2, -0.15) is 0 Å². The van der Waals surface area contributed by atoms with Crippen LogP contribution >= 0.6 is 27.7 Å². The van der Waals surface area contributed by atoms with E-state index in [9.17, 15) is 4.79 Å². The Bertz CT molecular complexity index is 1140. The van der Waals surface area contributed by atoms with E-state index in [1.54, 1.807) is 18.0 Å². The molecule has 1 amide bonds. The van der Waals surface area contributed by atoms with E-state index in [1.807, 2.05) is 23.1 Å². The lowest BCUT2D eigenvalue weighted by atomic mass is 10.1. The highest BCUT2D eigenvalue weighted by molar-refractivity contribution is 9.10. The van der Waals surface area contributed by atoms with E-state index >= 15 is 0 Å². The first-order valence-corrected chi connectivity index (χ1v) is 11.8. The van der Waals surface area contributed by atoms with Gasteiger partial charge in [0.15, 0.2) is 22.5 Å². The summed E-state index contributed by atoms with van der Waals surface area (Å²) in [4.78, 5) is 22.9. The van der Waals surface area contributed by atoms with Crippen molar-refractivity contribution in [3.05, 3.63) is 28.9 Å². The van der Waals surface area contributed by atoms with Crippen LogP contribution in [0.3, 0.4) is 0 Å². The van der Waals surface area contributed by atoms with Crippen LogP contribution in [0, 0.1) is 5.92 Å². The second kappa shape index (κ2) is 8.58. The summed E-state index contributed by atoms with van der Waals surface area (Å²) in [6.07, 6.45) is 4.66. The van der Waals surface area contributed by atoms with Crippen molar-refractivity contribution < 1.29 is 14.3 Å².